The predicted molar refractivity (Wildman–Crippen MR) is 129 cm³/mol. The third-order valence-corrected chi connectivity index (χ3v) is 6.84. The number of imidazole rings is 1. The van der Waals surface area contributed by atoms with Crippen molar-refractivity contribution in [3.63, 3.8) is 0 Å². The molecule has 0 amide bonds. The molecule has 0 N–H and O–H groups in total. The first kappa shape index (κ1) is 19.5. The third-order valence-electron chi connectivity index (χ3n) is 6.84. The van der Waals surface area contributed by atoms with E-state index in [1.54, 1.807) is 0 Å². The highest BCUT2D eigenvalue weighted by Gasteiger charge is 2.51. The van der Waals surface area contributed by atoms with Crippen LogP contribution in [0.4, 0.5) is 0 Å². The van der Waals surface area contributed by atoms with Gasteiger partial charge in [0.15, 0.2) is 0 Å². The molecule has 0 spiro atoms. The van der Waals surface area contributed by atoms with Gasteiger partial charge in [-0.1, -0.05) is 48.5 Å². The van der Waals surface area contributed by atoms with E-state index >= 15 is 0 Å². The second kappa shape index (κ2) is 6.64. The van der Waals surface area contributed by atoms with Gasteiger partial charge in [-0.05, 0) is 57.4 Å². The SMILES string of the molecule is CC1(C)OB(c2ccc(-c3nc4ccccc4c4nc5ccccc5n34)cc2)OC1(C)C. The van der Waals surface area contributed by atoms with E-state index in [0.717, 1.165) is 44.4 Å². The quantitative estimate of drug-likeness (QED) is 0.377. The van der Waals surface area contributed by atoms with Crippen LogP contribution in [0.5, 0.6) is 0 Å². The maximum Gasteiger partial charge on any atom is 0.494 e. The molecular weight excluding hydrogens is 397 g/mol. The summed E-state index contributed by atoms with van der Waals surface area (Å²) in [6, 6.07) is 24.7. The fraction of sp³-hybridized carbons (Fsp3) is 0.231. The summed E-state index contributed by atoms with van der Waals surface area (Å²) in [5.41, 5.74) is 5.15. The Morgan fingerprint density at radius 1 is 0.719 bits per heavy atom. The predicted octanol–water partition coefficient (Wildman–Crippen LogP) is 5.00. The molecule has 32 heavy (non-hydrogen) atoms. The largest absolute Gasteiger partial charge is 0.494 e. The summed E-state index contributed by atoms with van der Waals surface area (Å²) in [4.78, 5) is 9.95. The fourth-order valence-electron chi connectivity index (χ4n) is 4.31. The molecule has 3 aromatic carbocycles. The molecule has 0 bridgehead atoms. The lowest BCUT2D eigenvalue weighted by Gasteiger charge is -2.32. The summed E-state index contributed by atoms with van der Waals surface area (Å²) >= 11 is 0. The first-order chi connectivity index (χ1) is 15.3. The zero-order chi connectivity index (χ0) is 22.1. The summed E-state index contributed by atoms with van der Waals surface area (Å²) in [6.07, 6.45) is 0. The van der Waals surface area contributed by atoms with Gasteiger partial charge in [0.25, 0.3) is 0 Å². The van der Waals surface area contributed by atoms with Gasteiger partial charge in [0.2, 0.25) is 0 Å². The summed E-state index contributed by atoms with van der Waals surface area (Å²) in [5, 5.41) is 1.04. The van der Waals surface area contributed by atoms with Gasteiger partial charge in [0.05, 0.1) is 27.8 Å². The molecule has 6 rings (SSSR count). The van der Waals surface area contributed by atoms with Crippen molar-refractivity contribution in [1.82, 2.24) is 14.4 Å². The summed E-state index contributed by atoms with van der Waals surface area (Å²) in [5.74, 6) is 0.868. The van der Waals surface area contributed by atoms with Crippen LogP contribution in [0, 0.1) is 0 Å². The Bertz CT molecular complexity index is 1470. The highest BCUT2D eigenvalue weighted by atomic mass is 16.7. The Labute approximate surface area is 187 Å². The molecule has 2 aromatic heterocycles. The van der Waals surface area contributed by atoms with Crippen LogP contribution >= 0.6 is 0 Å². The van der Waals surface area contributed by atoms with Gasteiger partial charge < -0.3 is 9.31 Å². The number of para-hydroxylation sites is 3. The van der Waals surface area contributed by atoms with Crippen molar-refractivity contribution in [3.8, 4) is 11.4 Å². The average molecular weight is 421 g/mol. The van der Waals surface area contributed by atoms with Crippen molar-refractivity contribution in [1.29, 1.82) is 0 Å². The standard InChI is InChI=1S/C26H24BN3O2/c1-25(2)26(3,4)32-27(31-25)18-15-13-17(14-16-18)23-28-20-10-6-5-9-19(20)24-29-21-11-7-8-12-22(21)30(23)24/h5-16H,1-4H3. The highest BCUT2D eigenvalue weighted by Crippen LogP contribution is 2.36. The highest BCUT2D eigenvalue weighted by molar-refractivity contribution is 6.62. The van der Waals surface area contributed by atoms with Gasteiger partial charge in [0, 0.05) is 10.9 Å². The Morgan fingerprint density at radius 3 is 2.06 bits per heavy atom. The van der Waals surface area contributed by atoms with Crippen molar-refractivity contribution in [2.24, 2.45) is 0 Å². The number of fused-ring (bicyclic) bond motifs is 5. The lowest BCUT2D eigenvalue weighted by atomic mass is 9.79. The Balaban J connectivity index is 1.51. The van der Waals surface area contributed by atoms with Crippen LogP contribution < -0.4 is 5.46 Å². The molecule has 1 saturated heterocycles. The maximum atomic E-state index is 6.22. The number of hydrogen-bond acceptors (Lipinski definition) is 4. The zero-order valence-corrected chi connectivity index (χ0v) is 18.7. The molecule has 1 aliphatic rings. The molecule has 0 aliphatic carbocycles. The normalized spacial score (nSPS) is 17.6. The van der Waals surface area contributed by atoms with Crippen LogP contribution in [0.1, 0.15) is 27.7 Å². The van der Waals surface area contributed by atoms with E-state index in [0.29, 0.717) is 0 Å². The monoisotopic (exact) mass is 421 g/mol. The van der Waals surface area contributed by atoms with Crippen LogP contribution in [0.25, 0.3) is 39.0 Å². The van der Waals surface area contributed by atoms with Crippen LogP contribution in [-0.4, -0.2) is 32.7 Å². The van der Waals surface area contributed by atoms with Crippen LogP contribution in [-0.2, 0) is 9.31 Å². The number of hydrogen-bond donors (Lipinski definition) is 0. The van der Waals surface area contributed by atoms with Crippen molar-refractivity contribution >= 4 is 40.2 Å². The third kappa shape index (κ3) is 2.80. The molecule has 158 valence electrons. The molecular formula is C26H24BN3O2. The van der Waals surface area contributed by atoms with Crippen molar-refractivity contribution in [3.05, 3.63) is 72.8 Å². The van der Waals surface area contributed by atoms with Gasteiger partial charge in [-0.15, -0.1) is 0 Å². The first-order valence-electron chi connectivity index (χ1n) is 11.0. The van der Waals surface area contributed by atoms with Crippen LogP contribution in [0.15, 0.2) is 72.8 Å². The number of aromatic nitrogens is 3. The molecule has 0 unspecified atom stereocenters. The summed E-state index contributed by atoms with van der Waals surface area (Å²) < 4.78 is 14.6. The molecule has 0 radical (unpaired) electrons. The minimum atomic E-state index is -0.382. The van der Waals surface area contributed by atoms with Crippen LogP contribution in [0.3, 0.4) is 0 Å². The number of nitrogens with zero attached hydrogens (tertiary/aromatic N) is 3. The molecule has 6 heteroatoms. The van der Waals surface area contributed by atoms with Crippen molar-refractivity contribution in [2.75, 3.05) is 0 Å². The topological polar surface area (TPSA) is 48.7 Å². The second-order valence-corrected chi connectivity index (χ2v) is 9.42. The van der Waals surface area contributed by atoms with Gasteiger partial charge in [-0.2, -0.15) is 0 Å². The van der Waals surface area contributed by atoms with Gasteiger partial charge in [-0.3, -0.25) is 4.40 Å². The zero-order valence-electron chi connectivity index (χ0n) is 18.7. The van der Waals surface area contributed by atoms with E-state index in [1.165, 1.54) is 0 Å². The van der Waals surface area contributed by atoms with E-state index in [1.807, 2.05) is 36.4 Å². The fourth-order valence-corrected chi connectivity index (χ4v) is 4.31. The second-order valence-electron chi connectivity index (χ2n) is 9.42. The molecule has 1 aliphatic heterocycles. The lowest BCUT2D eigenvalue weighted by Crippen LogP contribution is -2.41. The van der Waals surface area contributed by atoms with E-state index in [4.69, 9.17) is 19.3 Å². The maximum absolute atomic E-state index is 6.22. The Hall–Kier alpha value is -3.22. The Kier molecular flexibility index (Phi) is 4.04. The van der Waals surface area contributed by atoms with Crippen molar-refractivity contribution < 1.29 is 9.31 Å². The van der Waals surface area contributed by atoms with Crippen LogP contribution in [0.2, 0.25) is 0 Å². The summed E-state index contributed by atoms with van der Waals surface area (Å²) in [6.45, 7) is 8.28. The average Bonchev–Trinajstić information content (AvgIpc) is 3.27. The lowest BCUT2D eigenvalue weighted by molar-refractivity contribution is 0.00578. The van der Waals surface area contributed by atoms with E-state index in [2.05, 4.69) is 68.5 Å². The minimum absolute atomic E-state index is 0.363. The number of benzene rings is 3. The molecule has 5 nitrogen and oxygen atoms in total. The number of rotatable bonds is 2. The van der Waals surface area contributed by atoms with E-state index in [-0.39, 0.29) is 18.3 Å². The van der Waals surface area contributed by atoms with Gasteiger partial charge >= 0.3 is 7.12 Å². The molecule has 3 heterocycles. The molecule has 0 saturated carbocycles. The van der Waals surface area contributed by atoms with Gasteiger partial charge in [-0.25, -0.2) is 9.97 Å². The first-order valence-corrected chi connectivity index (χ1v) is 11.0. The molecule has 1 fully saturated rings. The van der Waals surface area contributed by atoms with E-state index in [9.17, 15) is 0 Å². The molecule has 0 atom stereocenters. The smallest absolute Gasteiger partial charge is 0.399 e. The van der Waals surface area contributed by atoms with Crippen molar-refractivity contribution in [2.45, 2.75) is 38.9 Å². The van der Waals surface area contributed by atoms with E-state index < -0.39 is 0 Å². The van der Waals surface area contributed by atoms with Gasteiger partial charge in [0.1, 0.15) is 11.5 Å². The summed E-state index contributed by atoms with van der Waals surface area (Å²) in [7, 11) is -0.382. The minimum Gasteiger partial charge on any atom is -0.399 e. The Morgan fingerprint density at radius 2 is 1.34 bits per heavy atom. The molecule has 5 aromatic rings.